The summed E-state index contributed by atoms with van der Waals surface area (Å²) in [4.78, 5) is 24.2. The molecule has 6 nitrogen and oxygen atoms in total. The minimum Gasteiger partial charge on any atom is -0.467 e. The molecule has 8 heteroatoms. The molecule has 0 radical (unpaired) electrons. The van der Waals surface area contributed by atoms with Crippen LogP contribution in [-0.2, 0) is 16.6 Å². The Morgan fingerprint density at radius 3 is 2.58 bits per heavy atom. The number of nitriles is 1. The van der Waals surface area contributed by atoms with Gasteiger partial charge < -0.3 is 14.6 Å². The predicted octanol–water partition coefficient (Wildman–Crippen LogP) is 1.82. The number of ether oxygens (including phenoxy) is 1. The van der Waals surface area contributed by atoms with E-state index in [9.17, 15) is 18.4 Å². The molecular weight excluding hydrogens is 320 g/mol. The van der Waals surface area contributed by atoms with Crippen LogP contribution >= 0.6 is 0 Å². The topological polar surface area (TPSA) is 84.1 Å². The second kappa shape index (κ2) is 6.91. The number of halogens is 2. The minimum atomic E-state index is -1.46. The van der Waals surface area contributed by atoms with Gasteiger partial charge in [0.25, 0.3) is 5.91 Å². The molecule has 0 spiro atoms. The Morgan fingerprint density at radius 1 is 1.33 bits per heavy atom. The maximum atomic E-state index is 13.9. The van der Waals surface area contributed by atoms with E-state index in [1.165, 1.54) is 16.8 Å². The molecule has 0 aliphatic heterocycles. The van der Waals surface area contributed by atoms with Gasteiger partial charge in [0.15, 0.2) is 6.04 Å². The van der Waals surface area contributed by atoms with Gasteiger partial charge in [0.05, 0.1) is 12.7 Å². The normalized spacial score (nSPS) is 11.5. The van der Waals surface area contributed by atoms with Gasteiger partial charge >= 0.3 is 5.97 Å². The maximum absolute atomic E-state index is 13.9. The summed E-state index contributed by atoms with van der Waals surface area (Å²) in [5, 5.41) is 11.2. The van der Waals surface area contributed by atoms with Gasteiger partial charge in [-0.05, 0) is 12.1 Å². The van der Waals surface area contributed by atoms with E-state index in [1.807, 2.05) is 6.07 Å². The second-order valence-corrected chi connectivity index (χ2v) is 4.93. The van der Waals surface area contributed by atoms with Crippen molar-refractivity contribution in [2.75, 3.05) is 7.11 Å². The average Bonchev–Trinajstić information content (AvgIpc) is 2.93. The van der Waals surface area contributed by atoms with Crippen LogP contribution in [0.4, 0.5) is 8.78 Å². The molecule has 24 heavy (non-hydrogen) atoms. The van der Waals surface area contributed by atoms with Crippen LogP contribution in [0.25, 0.3) is 0 Å². The molecule has 1 N–H and O–H groups in total. The summed E-state index contributed by atoms with van der Waals surface area (Å²) in [6, 6.07) is 4.38. The van der Waals surface area contributed by atoms with Gasteiger partial charge in [-0.15, -0.1) is 0 Å². The lowest BCUT2D eigenvalue weighted by molar-refractivity contribution is -0.143. The minimum absolute atomic E-state index is 0.1000. The molecule has 0 bridgehead atoms. The van der Waals surface area contributed by atoms with Crippen molar-refractivity contribution in [3.05, 3.63) is 58.9 Å². The fourth-order valence-corrected chi connectivity index (χ4v) is 2.17. The zero-order valence-electron chi connectivity index (χ0n) is 12.8. The van der Waals surface area contributed by atoms with Crippen molar-refractivity contribution in [3.63, 3.8) is 0 Å². The monoisotopic (exact) mass is 333 g/mol. The lowest BCUT2D eigenvalue weighted by atomic mass is 10.1. The third kappa shape index (κ3) is 3.41. The van der Waals surface area contributed by atoms with E-state index >= 15 is 0 Å². The lowest BCUT2D eigenvalue weighted by Crippen LogP contribution is -2.36. The van der Waals surface area contributed by atoms with Crippen LogP contribution in [-0.4, -0.2) is 23.6 Å². The van der Waals surface area contributed by atoms with E-state index in [4.69, 9.17) is 5.26 Å². The Labute approximate surface area is 136 Å². The highest BCUT2D eigenvalue weighted by molar-refractivity contribution is 5.96. The number of nitrogens with one attached hydrogen (secondary N) is 1. The molecule has 0 fully saturated rings. The van der Waals surface area contributed by atoms with Gasteiger partial charge in [-0.3, -0.25) is 4.79 Å². The van der Waals surface area contributed by atoms with Crippen LogP contribution in [0.1, 0.15) is 27.7 Å². The SMILES string of the molecule is COC(=O)[C@@H](NC(=O)c1cc(C#N)cn1C)c1ccc(F)cc1F. The Bertz CT molecular complexity index is 840. The first-order valence-corrected chi connectivity index (χ1v) is 6.77. The molecule has 2 rings (SSSR count). The van der Waals surface area contributed by atoms with Crippen molar-refractivity contribution in [2.45, 2.75) is 6.04 Å². The summed E-state index contributed by atoms with van der Waals surface area (Å²) in [6.07, 6.45) is 1.43. The Morgan fingerprint density at radius 2 is 2.04 bits per heavy atom. The van der Waals surface area contributed by atoms with E-state index in [2.05, 4.69) is 10.1 Å². The highest BCUT2D eigenvalue weighted by Crippen LogP contribution is 2.20. The van der Waals surface area contributed by atoms with Crippen LogP contribution < -0.4 is 5.32 Å². The van der Waals surface area contributed by atoms with Crippen LogP contribution in [0, 0.1) is 23.0 Å². The van der Waals surface area contributed by atoms with E-state index in [0.717, 1.165) is 19.2 Å². The number of hydrogen-bond donors (Lipinski definition) is 1. The van der Waals surface area contributed by atoms with Crippen molar-refractivity contribution in [1.82, 2.24) is 9.88 Å². The smallest absolute Gasteiger partial charge is 0.333 e. The number of nitrogens with zero attached hydrogens (tertiary/aromatic N) is 2. The van der Waals surface area contributed by atoms with E-state index < -0.39 is 29.6 Å². The first kappa shape index (κ1) is 17.1. The highest BCUT2D eigenvalue weighted by atomic mass is 19.1. The molecule has 1 atom stereocenters. The summed E-state index contributed by atoms with van der Waals surface area (Å²) >= 11 is 0. The molecule has 1 amide bonds. The summed E-state index contributed by atoms with van der Waals surface area (Å²) < 4.78 is 32.9. The van der Waals surface area contributed by atoms with Gasteiger partial charge in [0.2, 0.25) is 0 Å². The first-order chi connectivity index (χ1) is 11.4. The largest absolute Gasteiger partial charge is 0.467 e. The van der Waals surface area contributed by atoms with Crippen LogP contribution in [0.15, 0.2) is 30.5 Å². The molecule has 1 aromatic carbocycles. The third-order valence-electron chi connectivity index (χ3n) is 3.35. The van der Waals surface area contributed by atoms with Crippen molar-refractivity contribution < 1.29 is 23.1 Å². The standard InChI is InChI=1S/C16H13F2N3O3/c1-21-8-9(7-19)5-13(21)15(22)20-14(16(23)24-2)11-4-3-10(17)6-12(11)18/h3-6,8,14H,1-2H3,(H,20,22)/t14-/m0/s1. The molecule has 0 saturated heterocycles. The van der Waals surface area contributed by atoms with Crippen molar-refractivity contribution in [3.8, 4) is 6.07 Å². The number of rotatable bonds is 4. The number of esters is 1. The Kier molecular flexibility index (Phi) is 4.94. The van der Waals surface area contributed by atoms with Gasteiger partial charge in [-0.2, -0.15) is 5.26 Å². The molecule has 2 aromatic rings. The molecule has 1 heterocycles. The average molecular weight is 333 g/mol. The second-order valence-electron chi connectivity index (χ2n) is 4.93. The van der Waals surface area contributed by atoms with Crippen molar-refractivity contribution >= 4 is 11.9 Å². The van der Waals surface area contributed by atoms with Crippen LogP contribution in [0.5, 0.6) is 0 Å². The number of carbonyl (C=O) groups excluding carboxylic acids is 2. The zero-order valence-corrected chi connectivity index (χ0v) is 12.8. The first-order valence-electron chi connectivity index (χ1n) is 6.77. The van der Waals surface area contributed by atoms with Crippen molar-refractivity contribution in [2.24, 2.45) is 7.05 Å². The van der Waals surface area contributed by atoms with Crippen molar-refractivity contribution in [1.29, 1.82) is 5.26 Å². The number of methoxy groups -OCH3 is 1. The van der Waals surface area contributed by atoms with Crippen LogP contribution in [0.2, 0.25) is 0 Å². The van der Waals surface area contributed by atoms with Crippen LogP contribution in [0.3, 0.4) is 0 Å². The number of benzene rings is 1. The Hall–Kier alpha value is -3.21. The fraction of sp³-hybridized carbons (Fsp3) is 0.188. The van der Waals surface area contributed by atoms with Gasteiger partial charge in [0, 0.05) is 24.9 Å². The summed E-state index contributed by atoms with van der Waals surface area (Å²) in [5.74, 6) is -3.43. The summed E-state index contributed by atoms with van der Waals surface area (Å²) in [6.45, 7) is 0. The van der Waals surface area contributed by atoms with E-state index in [1.54, 1.807) is 7.05 Å². The van der Waals surface area contributed by atoms with Gasteiger partial charge in [-0.25, -0.2) is 13.6 Å². The number of hydrogen-bond acceptors (Lipinski definition) is 4. The van der Waals surface area contributed by atoms with E-state index in [0.29, 0.717) is 6.07 Å². The molecule has 124 valence electrons. The molecule has 0 aliphatic rings. The third-order valence-corrected chi connectivity index (χ3v) is 3.35. The maximum Gasteiger partial charge on any atom is 0.333 e. The highest BCUT2D eigenvalue weighted by Gasteiger charge is 2.28. The van der Waals surface area contributed by atoms with Gasteiger partial charge in [0.1, 0.15) is 23.4 Å². The lowest BCUT2D eigenvalue weighted by Gasteiger charge is -2.17. The predicted molar refractivity (Wildman–Crippen MR) is 78.7 cm³/mol. The molecule has 0 unspecified atom stereocenters. The molecular formula is C16H13F2N3O3. The molecule has 0 aliphatic carbocycles. The zero-order chi connectivity index (χ0) is 17.9. The number of aryl methyl sites for hydroxylation is 1. The molecule has 0 saturated carbocycles. The summed E-state index contributed by atoms with van der Waals surface area (Å²) in [5.41, 5.74) is 0.125. The van der Waals surface area contributed by atoms with Gasteiger partial charge in [-0.1, -0.05) is 6.07 Å². The number of amides is 1. The molecule has 1 aromatic heterocycles. The quantitative estimate of drug-likeness (QED) is 0.865. The summed E-state index contributed by atoms with van der Waals surface area (Å²) in [7, 11) is 2.63. The van der Waals surface area contributed by atoms with E-state index in [-0.39, 0.29) is 16.8 Å². The fourth-order valence-electron chi connectivity index (χ4n) is 2.17. The number of aromatic nitrogens is 1. The Balaban J connectivity index is 2.36. The number of carbonyl (C=O) groups is 2.